The quantitative estimate of drug-likeness (QED) is 0.732. The second kappa shape index (κ2) is 9.41. The number of amides is 1. The highest BCUT2D eigenvalue weighted by Gasteiger charge is 2.16. The first-order chi connectivity index (χ1) is 10.1. The molecule has 1 amide bonds. The molecule has 0 bridgehead atoms. The van der Waals surface area contributed by atoms with Crippen molar-refractivity contribution in [1.82, 2.24) is 4.90 Å². The van der Waals surface area contributed by atoms with Crippen LogP contribution in [-0.4, -0.2) is 48.0 Å². The largest absolute Gasteiger partial charge is 0.468 e. The van der Waals surface area contributed by atoms with Crippen molar-refractivity contribution in [3.8, 4) is 0 Å². The van der Waals surface area contributed by atoms with Gasteiger partial charge in [0.2, 0.25) is 5.91 Å². The Morgan fingerprint density at radius 2 is 2.00 bits per heavy atom. The number of methoxy groups -OCH3 is 1. The van der Waals surface area contributed by atoms with Crippen LogP contribution in [0.3, 0.4) is 0 Å². The molecule has 21 heavy (non-hydrogen) atoms. The van der Waals surface area contributed by atoms with Gasteiger partial charge in [0.05, 0.1) is 12.9 Å². The molecule has 1 aromatic carbocycles. The van der Waals surface area contributed by atoms with Gasteiger partial charge in [0, 0.05) is 18.8 Å². The Bertz CT molecular complexity index is 453. The van der Waals surface area contributed by atoms with E-state index < -0.39 is 12.0 Å². The van der Waals surface area contributed by atoms with Crippen LogP contribution in [-0.2, 0) is 20.9 Å². The van der Waals surface area contributed by atoms with Gasteiger partial charge in [-0.3, -0.25) is 9.59 Å². The lowest BCUT2D eigenvalue weighted by Gasteiger charge is -2.21. The number of hydrogen-bond donors (Lipinski definition) is 1. The van der Waals surface area contributed by atoms with Gasteiger partial charge in [-0.05, 0) is 12.5 Å². The van der Waals surface area contributed by atoms with E-state index in [1.54, 1.807) is 4.90 Å². The molecule has 1 atom stereocenters. The van der Waals surface area contributed by atoms with E-state index in [2.05, 4.69) is 4.74 Å². The Kier molecular flexibility index (Phi) is 7.85. The zero-order valence-electron chi connectivity index (χ0n) is 12.5. The van der Waals surface area contributed by atoms with Crippen molar-refractivity contribution in [3.05, 3.63) is 35.9 Å². The maximum Gasteiger partial charge on any atom is 0.323 e. The lowest BCUT2D eigenvalue weighted by Crippen LogP contribution is -2.35. The minimum absolute atomic E-state index is 0.0448. The molecule has 2 N–H and O–H groups in total. The Hall–Kier alpha value is -1.53. The summed E-state index contributed by atoms with van der Waals surface area (Å²) in [7, 11) is 1.30. The highest BCUT2D eigenvalue weighted by atomic mass is 32.2. The summed E-state index contributed by atoms with van der Waals surface area (Å²) < 4.78 is 4.54. The van der Waals surface area contributed by atoms with Gasteiger partial charge in [0.15, 0.2) is 0 Å². The zero-order valence-corrected chi connectivity index (χ0v) is 13.3. The van der Waals surface area contributed by atoms with Gasteiger partial charge < -0.3 is 15.4 Å². The van der Waals surface area contributed by atoms with Gasteiger partial charge in [0.1, 0.15) is 6.04 Å². The number of thioether (sulfide) groups is 1. The Morgan fingerprint density at radius 1 is 1.33 bits per heavy atom. The second-order valence-corrected chi connectivity index (χ2v) is 5.57. The number of nitrogens with zero attached hydrogens (tertiary/aromatic N) is 1. The molecule has 0 aliphatic rings. The third kappa shape index (κ3) is 6.18. The maximum absolute atomic E-state index is 12.1. The summed E-state index contributed by atoms with van der Waals surface area (Å²) in [6.45, 7) is 3.20. The van der Waals surface area contributed by atoms with Crippen LogP contribution in [0.15, 0.2) is 30.3 Å². The summed E-state index contributed by atoms with van der Waals surface area (Å²) in [6.07, 6.45) is 0. The van der Waals surface area contributed by atoms with Crippen molar-refractivity contribution < 1.29 is 14.3 Å². The van der Waals surface area contributed by atoms with Crippen molar-refractivity contribution in [2.24, 2.45) is 5.73 Å². The molecule has 0 aliphatic heterocycles. The van der Waals surface area contributed by atoms with Gasteiger partial charge in [0.25, 0.3) is 0 Å². The van der Waals surface area contributed by atoms with Crippen molar-refractivity contribution in [2.75, 3.05) is 25.2 Å². The summed E-state index contributed by atoms with van der Waals surface area (Å²) in [5.74, 6) is 0.280. The van der Waals surface area contributed by atoms with Crippen molar-refractivity contribution in [2.45, 2.75) is 19.5 Å². The average Bonchev–Trinajstić information content (AvgIpc) is 2.52. The molecule has 0 aliphatic carbocycles. The highest BCUT2D eigenvalue weighted by Crippen LogP contribution is 2.09. The number of rotatable bonds is 8. The lowest BCUT2D eigenvalue weighted by molar-refractivity contribution is -0.141. The molecule has 116 valence electrons. The second-order valence-electron chi connectivity index (χ2n) is 4.54. The van der Waals surface area contributed by atoms with Crippen LogP contribution in [0.5, 0.6) is 0 Å². The topological polar surface area (TPSA) is 72.6 Å². The summed E-state index contributed by atoms with van der Waals surface area (Å²) >= 11 is 1.35. The fourth-order valence-corrected chi connectivity index (χ4v) is 2.63. The molecule has 0 saturated heterocycles. The van der Waals surface area contributed by atoms with E-state index in [-0.39, 0.29) is 5.91 Å². The SMILES string of the molecule is CCN(Cc1ccccc1)C(=O)CSCC(N)C(=O)OC. The number of benzene rings is 1. The van der Waals surface area contributed by atoms with Gasteiger partial charge in [-0.2, -0.15) is 0 Å². The van der Waals surface area contributed by atoms with E-state index in [9.17, 15) is 9.59 Å². The molecule has 1 aromatic rings. The first-order valence-corrected chi connectivity index (χ1v) is 7.96. The van der Waals surface area contributed by atoms with Crippen LogP contribution in [0.2, 0.25) is 0 Å². The molecule has 0 aromatic heterocycles. The molecule has 0 fully saturated rings. The van der Waals surface area contributed by atoms with Crippen LogP contribution in [0, 0.1) is 0 Å². The standard InChI is InChI=1S/C15H22N2O3S/c1-3-17(9-12-7-5-4-6-8-12)14(18)11-21-10-13(16)15(19)20-2/h4-8,13H,3,9-11,16H2,1-2H3. The minimum Gasteiger partial charge on any atom is -0.468 e. The first kappa shape index (κ1) is 17.5. The first-order valence-electron chi connectivity index (χ1n) is 6.81. The fraction of sp³-hybridized carbons (Fsp3) is 0.467. The van der Waals surface area contributed by atoms with Crippen molar-refractivity contribution in [1.29, 1.82) is 0 Å². The van der Waals surface area contributed by atoms with E-state index >= 15 is 0 Å². The Morgan fingerprint density at radius 3 is 2.57 bits per heavy atom. The van der Waals surface area contributed by atoms with E-state index in [4.69, 9.17) is 5.73 Å². The van der Waals surface area contributed by atoms with Crippen molar-refractivity contribution in [3.63, 3.8) is 0 Å². The van der Waals surface area contributed by atoms with E-state index in [1.807, 2.05) is 37.3 Å². The molecule has 1 rings (SSSR count). The van der Waals surface area contributed by atoms with Crippen LogP contribution in [0.1, 0.15) is 12.5 Å². The molecule has 5 nitrogen and oxygen atoms in total. The monoisotopic (exact) mass is 310 g/mol. The lowest BCUT2D eigenvalue weighted by atomic mass is 10.2. The van der Waals surface area contributed by atoms with Crippen LogP contribution in [0.25, 0.3) is 0 Å². The van der Waals surface area contributed by atoms with E-state index in [0.717, 1.165) is 5.56 Å². The Labute approximate surface area is 129 Å². The molecule has 0 spiro atoms. The summed E-state index contributed by atoms with van der Waals surface area (Å²) in [5.41, 5.74) is 6.73. The molecule has 1 unspecified atom stereocenters. The Balaban J connectivity index is 2.40. The van der Waals surface area contributed by atoms with Crippen LogP contribution >= 0.6 is 11.8 Å². The van der Waals surface area contributed by atoms with Crippen molar-refractivity contribution >= 4 is 23.6 Å². The predicted molar refractivity (Wildman–Crippen MR) is 84.8 cm³/mol. The maximum atomic E-state index is 12.1. The number of ether oxygens (including phenoxy) is 1. The molecule has 0 heterocycles. The predicted octanol–water partition coefficient (Wildman–Crippen LogP) is 1.27. The number of hydrogen-bond acceptors (Lipinski definition) is 5. The normalized spacial score (nSPS) is 11.8. The molecule has 6 heteroatoms. The van der Waals surface area contributed by atoms with Crippen LogP contribution < -0.4 is 5.73 Å². The molecule has 0 saturated carbocycles. The fourth-order valence-electron chi connectivity index (χ4n) is 1.76. The summed E-state index contributed by atoms with van der Waals surface area (Å²) in [5, 5.41) is 0. The summed E-state index contributed by atoms with van der Waals surface area (Å²) in [4.78, 5) is 25.1. The van der Waals surface area contributed by atoms with Gasteiger partial charge >= 0.3 is 5.97 Å². The average molecular weight is 310 g/mol. The third-order valence-electron chi connectivity index (χ3n) is 2.98. The van der Waals surface area contributed by atoms with E-state index in [0.29, 0.717) is 24.6 Å². The number of carbonyl (C=O) groups excluding carboxylic acids is 2. The van der Waals surface area contributed by atoms with Gasteiger partial charge in [-0.25, -0.2) is 0 Å². The minimum atomic E-state index is -0.683. The number of carbonyl (C=O) groups is 2. The number of nitrogens with two attached hydrogens (primary N) is 1. The third-order valence-corrected chi connectivity index (χ3v) is 4.02. The molecular formula is C15H22N2O3S. The molecule has 0 radical (unpaired) electrons. The molecular weight excluding hydrogens is 288 g/mol. The zero-order chi connectivity index (χ0) is 15.7. The van der Waals surface area contributed by atoms with Gasteiger partial charge in [-0.15, -0.1) is 11.8 Å². The smallest absolute Gasteiger partial charge is 0.323 e. The summed E-state index contributed by atoms with van der Waals surface area (Å²) in [6, 6.07) is 9.17. The number of esters is 1. The van der Waals surface area contributed by atoms with Crippen LogP contribution in [0.4, 0.5) is 0 Å². The van der Waals surface area contributed by atoms with E-state index in [1.165, 1.54) is 18.9 Å². The van der Waals surface area contributed by atoms with Gasteiger partial charge in [-0.1, -0.05) is 30.3 Å². The highest BCUT2D eigenvalue weighted by molar-refractivity contribution is 8.00.